The number of carbonyl (C=O) groups excluding carboxylic acids is 3. The number of nitrogens with zero attached hydrogens (tertiary/aromatic N) is 4. The third kappa shape index (κ3) is 8.50. The van der Waals surface area contributed by atoms with E-state index in [1.54, 1.807) is 12.1 Å². The number of halogens is 1. The summed E-state index contributed by atoms with van der Waals surface area (Å²) in [6.07, 6.45) is 9.65. The molecule has 5 rings (SSSR count). The Morgan fingerprint density at radius 3 is 2.58 bits per heavy atom. The van der Waals surface area contributed by atoms with Crippen molar-refractivity contribution in [3.8, 4) is 0 Å². The number of thiophene rings is 1. The molecule has 1 aromatic rings. The van der Waals surface area contributed by atoms with Gasteiger partial charge in [-0.15, -0.1) is 11.3 Å². The summed E-state index contributed by atoms with van der Waals surface area (Å²) in [5.74, 6) is -0.467. The normalized spacial score (nSPS) is 25.7. The molecule has 3 unspecified atom stereocenters. The monoisotopic (exact) mass is 654 g/mol. The highest BCUT2D eigenvalue weighted by molar-refractivity contribution is 7.92. The topological polar surface area (TPSA) is 122 Å². The van der Waals surface area contributed by atoms with Gasteiger partial charge < -0.3 is 20.0 Å². The number of hydrogen-bond donors (Lipinski definition) is 2. The minimum atomic E-state index is -3.86. The van der Waals surface area contributed by atoms with Crippen molar-refractivity contribution in [1.82, 2.24) is 29.6 Å². The van der Waals surface area contributed by atoms with Crippen molar-refractivity contribution in [2.75, 3.05) is 46.3 Å². The molecule has 1 saturated carbocycles. The summed E-state index contributed by atoms with van der Waals surface area (Å²) in [6, 6.07) is 3.02. The molecule has 2 N–H and O–H groups in total. The quantitative estimate of drug-likeness (QED) is 0.400. The molecule has 4 fully saturated rings. The van der Waals surface area contributed by atoms with Crippen LogP contribution in [0, 0.1) is 0 Å². The average molecular weight is 655 g/mol. The van der Waals surface area contributed by atoms with E-state index < -0.39 is 16.1 Å². The fraction of sp³-hybridized carbons (Fsp3) is 0.690. The van der Waals surface area contributed by atoms with Gasteiger partial charge in [-0.25, -0.2) is 13.2 Å². The SMILES string of the molecule is CN(C(=O)NC1CCCC1)C1CCN(CC2CCCN2C(=O)CN2CCCC(NS(=O)(=O)/C=C/c3ccc(Cl)s3)C2=O)C1. The van der Waals surface area contributed by atoms with Gasteiger partial charge in [0, 0.05) is 68.2 Å². The lowest BCUT2D eigenvalue weighted by atomic mass is 10.1. The molecule has 4 amide bonds. The molecule has 0 radical (unpaired) electrons. The Hall–Kier alpha value is -2.19. The molecular formula is C29H43ClN6O5S2. The van der Waals surface area contributed by atoms with E-state index >= 15 is 0 Å². The number of carbonyl (C=O) groups is 3. The summed E-state index contributed by atoms with van der Waals surface area (Å²) in [5, 5.41) is 4.22. The molecule has 3 atom stereocenters. The second-order valence-electron chi connectivity index (χ2n) is 12.2. The third-order valence-corrected chi connectivity index (χ3v) is 11.4. The van der Waals surface area contributed by atoms with E-state index in [-0.39, 0.29) is 36.5 Å². The zero-order valence-electron chi connectivity index (χ0n) is 24.7. The first-order chi connectivity index (χ1) is 20.6. The Labute approximate surface area is 263 Å². The second-order valence-corrected chi connectivity index (χ2v) is 15.5. The largest absolute Gasteiger partial charge is 0.337 e. The van der Waals surface area contributed by atoms with E-state index in [4.69, 9.17) is 11.6 Å². The summed E-state index contributed by atoms with van der Waals surface area (Å²) in [7, 11) is -1.98. The smallest absolute Gasteiger partial charge is 0.317 e. The van der Waals surface area contributed by atoms with Gasteiger partial charge in [0.25, 0.3) is 0 Å². The minimum Gasteiger partial charge on any atom is -0.337 e. The number of piperidine rings is 1. The number of nitrogens with one attached hydrogen (secondary N) is 2. The van der Waals surface area contributed by atoms with Crippen LogP contribution in [0.5, 0.6) is 0 Å². The molecule has 4 heterocycles. The highest BCUT2D eigenvalue weighted by atomic mass is 35.5. The Morgan fingerprint density at radius 2 is 1.84 bits per heavy atom. The van der Waals surface area contributed by atoms with Crippen molar-refractivity contribution in [2.24, 2.45) is 0 Å². The van der Waals surface area contributed by atoms with Crippen LogP contribution in [0.2, 0.25) is 4.34 Å². The van der Waals surface area contributed by atoms with Crippen LogP contribution in [0.4, 0.5) is 4.79 Å². The summed E-state index contributed by atoms with van der Waals surface area (Å²) >= 11 is 7.17. The number of likely N-dealkylation sites (tertiary alicyclic amines) is 3. The van der Waals surface area contributed by atoms with Gasteiger partial charge in [0.05, 0.1) is 10.9 Å². The lowest BCUT2D eigenvalue weighted by molar-refractivity contribution is -0.143. The number of urea groups is 1. The van der Waals surface area contributed by atoms with Crippen LogP contribution < -0.4 is 10.0 Å². The minimum absolute atomic E-state index is 0.00617. The molecule has 1 aliphatic carbocycles. The molecule has 14 heteroatoms. The number of rotatable bonds is 10. The number of likely N-dealkylation sites (N-methyl/N-ethyl adjacent to an activating group) is 1. The molecule has 43 heavy (non-hydrogen) atoms. The van der Waals surface area contributed by atoms with Crippen LogP contribution in [0.1, 0.15) is 62.7 Å². The predicted octanol–water partition coefficient (Wildman–Crippen LogP) is 2.93. The van der Waals surface area contributed by atoms with Gasteiger partial charge in [-0.2, -0.15) is 4.72 Å². The molecule has 0 spiro atoms. The summed E-state index contributed by atoms with van der Waals surface area (Å²) in [4.78, 5) is 47.6. The van der Waals surface area contributed by atoms with Gasteiger partial charge in [-0.1, -0.05) is 24.4 Å². The van der Waals surface area contributed by atoms with Crippen LogP contribution >= 0.6 is 22.9 Å². The fourth-order valence-electron chi connectivity index (χ4n) is 6.73. The number of sulfonamides is 1. The molecule has 3 saturated heterocycles. The zero-order valence-corrected chi connectivity index (χ0v) is 27.1. The Balaban J connectivity index is 1.10. The van der Waals surface area contributed by atoms with E-state index in [1.165, 1.54) is 35.2 Å². The Kier molecular flexibility index (Phi) is 10.7. The molecule has 4 aliphatic rings. The molecule has 3 aliphatic heterocycles. The van der Waals surface area contributed by atoms with Crippen molar-refractivity contribution >= 4 is 56.9 Å². The molecule has 0 bridgehead atoms. The van der Waals surface area contributed by atoms with Crippen LogP contribution in [0.25, 0.3) is 6.08 Å². The van der Waals surface area contributed by atoms with E-state index in [2.05, 4.69) is 14.9 Å². The fourth-order valence-corrected chi connectivity index (χ4v) is 8.80. The van der Waals surface area contributed by atoms with Crippen molar-refractivity contribution in [3.63, 3.8) is 0 Å². The standard InChI is InChI=1S/C29H43ClN6O5S2/c1-33(29(39)31-21-6-2-3-7-21)22-12-16-34(18-22)19-23-8-4-15-36(23)27(37)20-35-14-5-9-25(28(35)38)32-43(40,41)17-13-24-10-11-26(30)42-24/h10-11,13,17,21-23,25,32H,2-9,12,14-16,18-20H2,1H3,(H,31,39)/b17-13+. The Bertz CT molecular complexity index is 1300. The predicted molar refractivity (Wildman–Crippen MR) is 168 cm³/mol. The van der Waals surface area contributed by atoms with Crippen LogP contribution in [-0.4, -0.2) is 116 Å². The highest BCUT2D eigenvalue weighted by Crippen LogP contribution is 2.25. The number of amides is 4. The molecule has 0 aromatic carbocycles. The maximum Gasteiger partial charge on any atom is 0.317 e. The van der Waals surface area contributed by atoms with Gasteiger partial charge in [0.15, 0.2) is 0 Å². The average Bonchev–Trinajstić information content (AvgIpc) is 3.79. The van der Waals surface area contributed by atoms with E-state index in [0.717, 1.165) is 57.1 Å². The van der Waals surface area contributed by atoms with Gasteiger partial charge in [-0.3, -0.25) is 14.5 Å². The Morgan fingerprint density at radius 1 is 1.07 bits per heavy atom. The molecular weight excluding hydrogens is 612 g/mol. The zero-order chi connectivity index (χ0) is 30.6. The first kappa shape index (κ1) is 32.2. The molecule has 11 nitrogen and oxygen atoms in total. The van der Waals surface area contributed by atoms with Gasteiger partial charge in [-0.05, 0) is 63.2 Å². The van der Waals surface area contributed by atoms with Crippen molar-refractivity contribution in [2.45, 2.75) is 82.0 Å². The first-order valence-electron chi connectivity index (χ1n) is 15.4. The van der Waals surface area contributed by atoms with Crippen molar-refractivity contribution in [1.29, 1.82) is 0 Å². The highest BCUT2D eigenvalue weighted by Gasteiger charge is 2.37. The van der Waals surface area contributed by atoms with Crippen molar-refractivity contribution < 1.29 is 22.8 Å². The third-order valence-electron chi connectivity index (χ3n) is 9.13. The van der Waals surface area contributed by atoms with Gasteiger partial charge >= 0.3 is 6.03 Å². The first-order valence-corrected chi connectivity index (χ1v) is 18.1. The number of hydrogen-bond acceptors (Lipinski definition) is 7. The van der Waals surface area contributed by atoms with E-state index in [0.29, 0.717) is 41.2 Å². The maximum absolute atomic E-state index is 13.4. The maximum atomic E-state index is 13.4. The molecule has 1 aromatic heterocycles. The van der Waals surface area contributed by atoms with Crippen LogP contribution in [0.3, 0.4) is 0 Å². The second kappa shape index (κ2) is 14.3. The lowest BCUT2D eigenvalue weighted by Crippen LogP contribution is -2.55. The van der Waals surface area contributed by atoms with E-state index in [1.807, 2.05) is 16.8 Å². The van der Waals surface area contributed by atoms with Crippen LogP contribution in [-0.2, 0) is 19.6 Å². The molecule has 238 valence electrons. The van der Waals surface area contributed by atoms with Crippen molar-refractivity contribution in [3.05, 3.63) is 26.8 Å². The summed E-state index contributed by atoms with van der Waals surface area (Å²) in [5.41, 5.74) is 0. The summed E-state index contributed by atoms with van der Waals surface area (Å²) in [6.45, 7) is 3.44. The van der Waals surface area contributed by atoms with Gasteiger partial charge in [0.2, 0.25) is 21.8 Å². The van der Waals surface area contributed by atoms with Gasteiger partial charge in [0.1, 0.15) is 6.04 Å². The lowest BCUT2D eigenvalue weighted by Gasteiger charge is -2.34. The van der Waals surface area contributed by atoms with E-state index in [9.17, 15) is 22.8 Å². The van der Waals surface area contributed by atoms with Crippen LogP contribution in [0.15, 0.2) is 17.5 Å². The summed E-state index contributed by atoms with van der Waals surface area (Å²) < 4.78 is 28.3.